The number of alkyl carbamates (subject to hydrolysis) is 1. The fraction of sp³-hybridized carbons (Fsp3) is 0.850. The molecule has 2 aliphatic carbocycles. The first kappa shape index (κ1) is 22.0. The first-order chi connectivity index (χ1) is 13.3. The summed E-state index contributed by atoms with van der Waals surface area (Å²) in [7, 11) is 1.89. The van der Waals surface area contributed by atoms with Crippen LogP contribution in [0.25, 0.3) is 0 Å². The summed E-state index contributed by atoms with van der Waals surface area (Å²) in [5.41, 5.74) is 0. The maximum Gasteiger partial charge on any atom is 0.407 e. The SMILES string of the molecule is CNCCOCCOCCOCCNC(=O)OC[C@@H]1[C@@H]2CCC#CCC[C@@H]21. The molecule has 0 aromatic carbocycles. The van der Waals surface area contributed by atoms with Gasteiger partial charge in [0, 0.05) is 25.9 Å². The number of fused-ring (bicyclic) bond motifs is 1. The van der Waals surface area contributed by atoms with Crippen molar-refractivity contribution < 1.29 is 23.7 Å². The summed E-state index contributed by atoms with van der Waals surface area (Å²) < 4.78 is 21.5. The van der Waals surface area contributed by atoms with E-state index in [9.17, 15) is 4.79 Å². The van der Waals surface area contributed by atoms with E-state index in [0.29, 0.717) is 70.5 Å². The summed E-state index contributed by atoms with van der Waals surface area (Å²) in [5.74, 6) is 8.31. The summed E-state index contributed by atoms with van der Waals surface area (Å²) in [6, 6.07) is 0. The number of likely N-dealkylation sites (N-methyl/N-ethyl adjacent to an activating group) is 1. The molecule has 27 heavy (non-hydrogen) atoms. The quantitative estimate of drug-likeness (QED) is 0.350. The lowest BCUT2D eigenvalue weighted by Gasteiger charge is -2.08. The van der Waals surface area contributed by atoms with Crippen molar-refractivity contribution in [3.8, 4) is 11.8 Å². The number of rotatable bonds is 14. The van der Waals surface area contributed by atoms with Gasteiger partial charge in [-0.15, -0.1) is 11.8 Å². The van der Waals surface area contributed by atoms with Crippen molar-refractivity contribution in [2.75, 3.05) is 66.4 Å². The molecule has 1 amide bonds. The molecule has 0 bridgehead atoms. The third-order valence-electron chi connectivity index (χ3n) is 5.00. The van der Waals surface area contributed by atoms with Crippen molar-refractivity contribution in [3.05, 3.63) is 0 Å². The Morgan fingerprint density at radius 2 is 1.44 bits per heavy atom. The standard InChI is InChI=1S/C20H34N2O5/c1-21-8-10-24-12-14-26-15-13-25-11-9-22-20(23)27-16-19-17-6-4-2-3-5-7-18(17)19/h17-19,21H,4-16H2,1H3,(H,22,23)/t17-,18+,19-. The smallest absolute Gasteiger partial charge is 0.407 e. The second-order valence-corrected chi connectivity index (χ2v) is 6.89. The maximum absolute atomic E-state index is 11.7. The van der Waals surface area contributed by atoms with Crippen LogP contribution < -0.4 is 10.6 Å². The Morgan fingerprint density at radius 1 is 0.889 bits per heavy atom. The molecule has 0 aromatic rings. The number of ether oxygens (including phenoxy) is 4. The molecule has 0 aliphatic heterocycles. The van der Waals surface area contributed by atoms with Crippen LogP contribution in [0, 0.1) is 29.6 Å². The van der Waals surface area contributed by atoms with Crippen molar-refractivity contribution in [3.63, 3.8) is 0 Å². The maximum atomic E-state index is 11.7. The molecule has 2 aliphatic rings. The highest BCUT2D eigenvalue weighted by Gasteiger charge is 2.49. The first-order valence-corrected chi connectivity index (χ1v) is 10.1. The van der Waals surface area contributed by atoms with Crippen LogP contribution in [0.4, 0.5) is 4.79 Å². The van der Waals surface area contributed by atoms with Crippen molar-refractivity contribution in [1.29, 1.82) is 0 Å². The summed E-state index contributed by atoms with van der Waals surface area (Å²) in [6.07, 6.45) is 3.89. The Morgan fingerprint density at radius 3 is 2.04 bits per heavy atom. The fourth-order valence-corrected chi connectivity index (χ4v) is 3.45. The van der Waals surface area contributed by atoms with Gasteiger partial charge < -0.3 is 29.6 Å². The molecule has 1 fully saturated rings. The van der Waals surface area contributed by atoms with Gasteiger partial charge in [-0.2, -0.15) is 0 Å². The Kier molecular flexibility index (Phi) is 11.2. The highest BCUT2D eigenvalue weighted by atomic mass is 16.6. The second-order valence-electron chi connectivity index (χ2n) is 6.89. The molecular weight excluding hydrogens is 348 g/mol. The molecule has 0 heterocycles. The van der Waals surface area contributed by atoms with Gasteiger partial charge in [0.1, 0.15) is 0 Å². The van der Waals surface area contributed by atoms with E-state index in [2.05, 4.69) is 22.5 Å². The number of carbonyl (C=O) groups excluding carboxylic acids is 1. The highest BCUT2D eigenvalue weighted by Crippen LogP contribution is 2.52. The number of amides is 1. The van der Waals surface area contributed by atoms with Crippen LogP contribution >= 0.6 is 0 Å². The van der Waals surface area contributed by atoms with Crippen LogP contribution in [0.3, 0.4) is 0 Å². The van der Waals surface area contributed by atoms with Gasteiger partial charge in [-0.25, -0.2) is 4.79 Å². The first-order valence-electron chi connectivity index (χ1n) is 10.1. The van der Waals surface area contributed by atoms with Gasteiger partial charge in [-0.3, -0.25) is 0 Å². The number of nitrogens with one attached hydrogen (secondary N) is 2. The number of carbonyl (C=O) groups is 1. The van der Waals surface area contributed by atoms with Crippen LogP contribution in [0.5, 0.6) is 0 Å². The van der Waals surface area contributed by atoms with Gasteiger partial charge in [0.2, 0.25) is 0 Å². The number of hydrogen-bond donors (Lipinski definition) is 2. The highest BCUT2D eigenvalue weighted by molar-refractivity contribution is 5.67. The summed E-state index contributed by atoms with van der Waals surface area (Å²) in [6.45, 7) is 5.11. The molecule has 1 saturated carbocycles. The van der Waals surface area contributed by atoms with E-state index in [0.717, 1.165) is 32.2 Å². The average Bonchev–Trinajstić information content (AvgIpc) is 3.30. The zero-order chi connectivity index (χ0) is 19.2. The number of hydrogen-bond acceptors (Lipinski definition) is 6. The van der Waals surface area contributed by atoms with Crippen molar-refractivity contribution in [1.82, 2.24) is 10.6 Å². The minimum absolute atomic E-state index is 0.357. The van der Waals surface area contributed by atoms with E-state index in [1.54, 1.807) is 0 Å². The molecule has 0 aromatic heterocycles. The van der Waals surface area contributed by atoms with Gasteiger partial charge in [0.15, 0.2) is 0 Å². The van der Waals surface area contributed by atoms with E-state index in [4.69, 9.17) is 18.9 Å². The minimum atomic E-state index is -0.357. The molecule has 2 N–H and O–H groups in total. The second kappa shape index (κ2) is 13.8. The van der Waals surface area contributed by atoms with Gasteiger partial charge in [0.05, 0.1) is 46.2 Å². The van der Waals surface area contributed by atoms with E-state index in [1.165, 1.54) is 0 Å². The minimum Gasteiger partial charge on any atom is -0.449 e. The summed E-state index contributed by atoms with van der Waals surface area (Å²) in [4.78, 5) is 11.7. The van der Waals surface area contributed by atoms with Crippen molar-refractivity contribution >= 4 is 6.09 Å². The monoisotopic (exact) mass is 382 g/mol. The summed E-state index contributed by atoms with van der Waals surface area (Å²) >= 11 is 0. The molecule has 0 saturated heterocycles. The lowest BCUT2D eigenvalue weighted by molar-refractivity contribution is 0.0158. The van der Waals surface area contributed by atoms with E-state index < -0.39 is 0 Å². The molecule has 0 radical (unpaired) electrons. The van der Waals surface area contributed by atoms with Gasteiger partial charge in [-0.05, 0) is 37.6 Å². The third kappa shape index (κ3) is 9.43. The van der Waals surface area contributed by atoms with E-state index in [1.807, 2.05) is 7.05 Å². The predicted molar refractivity (Wildman–Crippen MR) is 102 cm³/mol. The molecule has 7 nitrogen and oxygen atoms in total. The average molecular weight is 383 g/mol. The topological polar surface area (TPSA) is 78.0 Å². The molecule has 2 rings (SSSR count). The van der Waals surface area contributed by atoms with Crippen molar-refractivity contribution in [2.24, 2.45) is 17.8 Å². The lowest BCUT2D eigenvalue weighted by Crippen LogP contribution is -2.29. The van der Waals surface area contributed by atoms with Crippen LogP contribution in [0.15, 0.2) is 0 Å². The molecule has 0 spiro atoms. The Hall–Kier alpha value is -1.33. The largest absolute Gasteiger partial charge is 0.449 e. The molecule has 3 atom stereocenters. The Labute approximate surface area is 162 Å². The zero-order valence-corrected chi connectivity index (χ0v) is 16.5. The van der Waals surface area contributed by atoms with E-state index in [-0.39, 0.29) is 6.09 Å². The van der Waals surface area contributed by atoms with Gasteiger partial charge in [-0.1, -0.05) is 0 Å². The fourth-order valence-electron chi connectivity index (χ4n) is 3.45. The van der Waals surface area contributed by atoms with Gasteiger partial charge in [0.25, 0.3) is 0 Å². The Bertz CT molecular complexity index is 459. The van der Waals surface area contributed by atoms with Crippen LogP contribution in [-0.2, 0) is 18.9 Å². The molecule has 7 heteroatoms. The van der Waals surface area contributed by atoms with Crippen LogP contribution in [0.1, 0.15) is 25.7 Å². The van der Waals surface area contributed by atoms with Crippen molar-refractivity contribution in [2.45, 2.75) is 25.7 Å². The molecule has 0 unspecified atom stereocenters. The molecular formula is C20H34N2O5. The lowest BCUT2D eigenvalue weighted by atomic mass is 10.1. The predicted octanol–water partition coefficient (Wildman–Crippen LogP) is 1.42. The zero-order valence-electron chi connectivity index (χ0n) is 16.5. The van der Waals surface area contributed by atoms with Crippen LogP contribution in [-0.4, -0.2) is 72.5 Å². The van der Waals surface area contributed by atoms with Crippen LogP contribution in [0.2, 0.25) is 0 Å². The van der Waals surface area contributed by atoms with Gasteiger partial charge >= 0.3 is 6.09 Å². The molecule has 154 valence electrons. The van der Waals surface area contributed by atoms with E-state index >= 15 is 0 Å². The third-order valence-corrected chi connectivity index (χ3v) is 5.00. The normalized spacial score (nSPS) is 23.4. The summed E-state index contributed by atoms with van der Waals surface area (Å²) in [5, 5.41) is 5.73. The Balaban J connectivity index is 1.34.